The van der Waals surface area contributed by atoms with Gasteiger partial charge in [-0.3, -0.25) is 9.36 Å². The Bertz CT molecular complexity index is 2010. The number of hydrogen-bond donors (Lipinski definition) is 0. The van der Waals surface area contributed by atoms with E-state index in [9.17, 15) is 14.9 Å². The van der Waals surface area contributed by atoms with Gasteiger partial charge in [0.25, 0.3) is 5.56 Å². The number of fused-ring (bicyclic) bond motifs is 1. The fraction of sp³-hybridized carbons (Fsp3) is 0.212. The Morgan fingerprint density at radius 2 is 1.91 bits per heavy atom. The number of allylic oxidation sites excluding steroid dienone is 1. The molecule has 0 radical (unpaired) electrons. The van der Waals surface area contributed by atoms with Crippen molar-refractivity contribution in [3.8, 4) is 23.3 Å². The van der Waals surface area contributed by atoms with Crippen LogP contribution in [0.15, 0.2) is 86.2 Å². The molecule has 11 heteroatoms. The van der Waals surface area contributed by atoms with E-state index in [1.807, 2.05) is 30.3 Å². The van der Waals surface area contributed by atoms with Crippen LogP contribution in [-0.2, 0) is 16.1 Å². The molecule has 2 heterocycles. The van der Waals surface area contributed by atoms with Crippen molar-refractivity contribution >= 4 is 39.3 Å². The zero-order valence-electron chi connectivity index (χ0n) is 24.4. The van der Waals surface area contributed by atoms with Crippen LogP contribution >= 0.6 is 27.3 Å². The average molecular weight is 675 g/mol. The van der Waals surface area contributed by atoms with Gasteiger partial charge in [-0.25, -0.2) is 9.79 Å². The molecule has 224 valence electrons. The number of nitriles is 1. The number of para-hydroxylation sites is 1. The minimum Gasteiger partial charge on any atom is -0.493 e. The van der Waals surface area contributed by atoms with E-state index < -0.39 is 12.0 Å². The van der Waals surface area contributed by atoms with Gasteiger partial charge < -0.3 is 18.9 Å². The van der Waals surface area contributed by atoms with E-state index in [-0.39, 0.29) is 24.3 Å². The molecular formula is C33H28BrN3O6S. The first-order chi connectivity index (χ1) is 21.3. The summed E-state index contributed by atoms with van der Waals surface area (Å²) in [6, 6.07) is 19.4. The van der Waals surface area contributed by atoms with E-state index in [4.69, 9.17) is 18.9 Å². The van der Waals surface area contributed by atoms with Crippen molar-refractivity contribution < 1.29 is 23.7 Å². The molecule has 44 heavy (non-hydrogen) atoms. The lowest BCUT2D eigenvalue weighted by atomic mass is 9.94. The number of carbonyl (C=O) groups is 1. The standard InChI is InChI=1S/C33H28BrN3O6S/c1-5-42-32(39)28-19(2)36-33-37(29(28)23-11-8-12-26(40-3)30(23)41-4)31(38)27(44-33)16-20-13-14-25(24(34)15-20)43-18-22-10-7-6-9-21(22)17-35/h6-16,29H,5,18H2,1-4H3/b27-16-/t29-/m0/s1. The molecule has 0 unspecified atom stereocenters. The van der Waals surface area contributed by atoms with Crippen molar-refractivity contribution in [2.24, 2.45) is 4.99 Å². The summed E-state index contributed by atoms with van der Waals surface area (Å²) in [5, 5.41) is 9.35. The van der Waals surface area contributed by atoms with Gasteiger partial charge in [0.15, 0.2) is 16.3 Å². The molecule has 1 aliphatic heterocycles. The first-order valence-electron chi connectivity index (χ1n) is 13.6. The topological polar surface area (TPSA) is 112 Å². The maximum atomic E-state index is 14.0. The molecule has 0 saturated heterocycles. The highest BCUT2D eigenvalue weighted by Gasteiger charge is 2.35. The zero-order valence-corrected chi connectivity index (χ0v) is 26.8. The zero-order chi connectivity index (χ0) is 31.4. The van der Waals surface area contributed by atoms with Gasteiger partial charge in [-0.2, -0.15) is 5.26 Å². The maximum absolute atomic E-state index is 14.0. The van der Waals surface area contributed by atoms with E-state index >= 15 is 0 Å². The number of methoxy groups -OCH3 is 2. The summed E-state index contributed by atoms with van der Waals surface area (Å²) in [6.07, 6.45) is 1.77. The first-order valence-corrected chi connectivity index (χ1v) is 15.2. The van der Waals surface area contributed by atoms with Gasteiger partial charge >= 0.3 is 5.97 Å². The van der Waals surface area contributed by atoms with Crippen molar-refractivity contribution in [1.29, 1.82) is 5.26 Å². The number of rotatable bonds is 9. The second kappa shape index (κ2) is 13.3. The molecular weight excluding hydrogens is 646 g/mol. The van der Waals surface area contributed by atoms with Crippen LogP contribution in [0.2, 0.25) is 0 Å². The lowest BCUT2D eigenvalue weighted by Crippen LogP contribution is -2.40. The molecule has 0 amide bonds. The predicted octanol–water partition coefficient (Wildman–Crippen LogP) is 5.03. The van der Waals surface area contributed by atoms with Gasteiger partial charge in [0.1, 0.15) is 18.4 Å². The average Bonchev–Trinajstić information content (AvgIpc) is 3.33. The van der Waals surface area contributed by atoms with Gasteiger partial charge in [0.2, 0.25) is 0 Å². The van der Waals surface area contributed by atoms with Gasteiger partial charge in [-0.1, -0.05) is 47.7 Å². The summed E-state index contributed by atoms with van der Waals surface area (Å²) in [4.78, 5) is 32.4. The Morgan fingerprint density at radius 3 is 2.61 bits per heavy atom. The van der Waals surface area contributed by atoms with Crippen LogP contribution in [0.4, 0.5) is 0 Å². The summed E-state index contributed by atoms with van der Waals surface area (Å²) in [5.74, 6) is 0.905. The lowest BCUT2D eigenvalue weighted by Gasteiger charge is -2.26. The van der Waals surface area contributed by atoms with E-state index in [1.54, 1.807) is 50.3 Å². The molecule has 4 aromatic rings. The molecule has 1 aromatic heterocycles. The van der Waals surface area contributed by atoms with Crippen LogP contribution in [0.1, 0.15) is 42.1 Å². The van der Waals surface area contributed by atoms with E-state index in [1.165, 1.54) is 30.1 Å². The number of halogens is 1. The van der Waals surface area contributed by atoms with Crippen LogP contribution in [0.3, 0.4) is 0 Å². The number of esters is 1. The van der Waals surface area contributed by atoms with Gasteiger partial charge in [0, 0.05) is 11.1 Å². The number of carbonyl (C=O) groups excluding carboxylic acids is 1. The van der Waals surface area contributed by atoms with E-state index in [2.05, 4.69) is 27.0 Å². The summed E-state index contributed by atoms with van der Waals surface area (Å²) in [6.45, 7) is 3.86. The maximum Gasteiger partial charge on any atom is 0.338 e. The summed E-state index contributed by atoms with van der Waals surface area (Å²) >= 11 is 4.79. The van der Waals surface area contributed by atoms with Crippen molar-refractivity contribution in [3.63, 3.8) is 0 Å². The Labute approximate surface area is 266 Å². The van der Waals surface area contributed by atoms with Crippen LogP contribution < -0.4 is 29.1 Å². The Kier molecular flexibility index (Phi) is 9.32. The van der Waals surface area contributed by atoms with Crippen LogP contribution in [0, 0.1) is 11.3 Å². The minimum atomic E-state index is -0.851. The molecule has 0 aliphatic carbocycles. The SMILES string of the molecule is CCOC(=O)C1=C(C)N=c2s/c(=C\c3ccc(OCc4ccccc4C#N)c(Br)c3)c(=O)n2[C@H]1c1cccc(OC)c1OC. The fourth-order valence-corrected chi connectivity index (χ4v) is 6.56. The van der Waals surface area contributed by atoms with Crippen molar-refractivity contribution in [3.05, 3.63) is 118 Å². The summed E-state index contributed by atoms with van der Waals surface area (Å²) in [7, 11) is 3.04. The summed E-state index contributed by atoms with van der Waals surface area (Å²) in [5.41, 5.74) is 3.05. The quantitative estimate of drug-likeness (QED) is 0.229. The molecule has 0 spiro atoms. The minimum absolute atomic E-state index is 0.168. The molecule has 1 aliphatic rings. The number of nitrogens with zero attached hydrogens (tertiary/aromatic N) is 3. The lowest BCUT2D eigenvalue weighted by molar-refractivity contribution is -0.139. The largest absolute Gasteiger partial charge is 0.493 e. The number of benzene rings is 3. The molecule has 0 saturated carbocycles. The third-order valence-electron chi connectivity index (χ3n) is 7.02. The number of ether oxygens (including phenoxy) is 4. The van der Waals surface area contributed by atoms with Crippen LogP contribution in [0.5, 0.6) is 17.2 Å². The Morgan fingerprint density at radius 1 is 1.11 bits per heavy atom. The second-order valence-corrected chi connectivity index (χ2v) is 11.5. The molecule has 0 bridgehead atoms. The number of thiazole rings is 1. The normalized spacial score (nSPS) is 14.4. The van der Waals surface area contributed by atoms with Crippen LogP contribution in [0.25, 0.3) is 6.08 Å². The van der Waals surface area contributed by atoms with E-state index in [0.29, 0.717) is 47.9 Å². The van der Waals surface area contributed by atoms with Crippen LogP contribution in [-0.4, -0.2) is 31.4 Å². The highest BCUT2D eigenvalue weighted by atomic mass is 79.9. The molecule has 1 atom stereocenters. The van der Waals surface area contributed by atoms with Gasteiger partial charge in [-0.05, 0) is 65.7 Å². The second-order valence-electron chi connectivity index (χ2n) is 9.63. The van der Waals surface area contributed by atoms with Crippen molar-refractivity contribution in [1.82, 2.24) is 4.57 Å². The molecule has 3 aromatic carbocycles. The predicted molar refractivity (Wildman–Crippen MR) is 170 cm³/mol. The molecule has 9 nitrogen and oxygen atoms in total. The fourth-order valence-electron chi connectivity index (χ4n) is 5.00. The number of aromatic nitrogens is 1. The van der Waals surface area contributed by atoms with Crippen molar-refractivity contribution in [2.75, 3.05) is 20.8 Å². The van der Waals surface area contributed by atoms with E-state index in [0.717, 1.165) is 11.1 Å². The Balaban J connectivity index is 1.57. The monoisotopic (exact) mass is 673 g/mol. The molecule has 5 rings (SSSR count). The Hall–Kier alpha value is -4.66. The first kappa shape index (κ1) is 30.8. The number of hydrogen-bond acceptors (Lipinski definition) is 9. The molecule has 0 fully saturated rings. The smallest absolute Gasteiger partial charge is 0.338 e. The molecule has 0 N–H and O–H groups in total. The highest BCUT2D eigenvalue weighted by molar-refractivity contribution is 9.10. The van der Waals surface area contributed by atoms with Gasteiger partial charge in [0.05, 0.1) is 52.7 Å². The highest BCUT2D eigenvalue weighted by Crippen LogP contribution is 2.40. The van der Waals surface area contributed by atoms with Gasteiger partial charge in [-0.15, -0.1) is 0 Å². The third-order valence-corrected chi connectivity index (χ3v) is 8.62. The third kappa shape index (κ3) is 5.91. The summed E-state index contributed by atoms with van der Waals surface area (Å²) < 4.78 is 25.2. The van der Waals surface area contributed by atoms with Crippen molar-refractivity contribution in [2.45, 2.75) is 26.5 Å².